The Balaban J connectivity index is 1.63. The lowest BCUT2D eigenvalue weighted by molar-refractivity contribution is -0.134. The van der Waals surface area contributed by atoms with Crippen LogP contribution in [0.3, 0.4) is 0 Å². The minimum Gasteiger partial charge on any atom is -0.497 e. The first-order valence-electron chi connectivity index (χ1n) is 7.91. The highest BCUT2D eigenvalue weighted by molar-refractivity contribution is 5.75. The van der Waals surface area contributed by atoms with E-state index < -0.39 is 0 Å². The van der Waals surface area contributed by atoms with Gasteiger partial charge in [0.25, 0.3) is 0 Å². The zero-order valence-electron chi connectivity index (χ0n) is 14.0. The molecule has 2 aromatic rings. The number of hydroxylamine groups is 1. The Kier molecular flexibility index (Phi) is 7.11. The SMILES string of the molecule is COc1ccc(C(C)CC(=O)NOCCOc2ccccc2)cc1. The third kappa shape index (κ3) is 5.93. The molecule has 0 spiro atoms. The average Bonchev–Trinajstić information content (AvgIpc) is 2.62. The van der Waals surface area contributed by atoms with E-state index in [0.29, 0.717) is 13.0 Å². The van der Waals surface area contributed by atoms with Crippen LogP contribution < -0.4 is 15.0 Å². The number of hydrogen-bond donors (Lipinski definition) is 1. The van der Waals surface area contributed by atoms with Crippen molar-refractivity contribution < 1.29 is 19.1 Å². The molecule has 1 unspecified atom stereocenters. The van der Waals surface area contributed by atoms with Gasteiger partial charge in [-0.15, -0.1) is 0 Å². The van der Waals surface area contributed by atoms with Crippen LogP contribution in [0.2, 0.25) is 0 Å². The number of benzene rings is 2. The van der Waals surface area contributed by atoms with Gasteiger partial charge in [0.05, 0.1) is 7.11 Å². The van der Waals surface area contributed by atoms with Gasteiger partial charge in [-0.3, -0.25) is 9.63 Å². The summed E-state index contributed by atoms with van der Waals surface area (Å²) in [5.41, 5.74) is 3.53. The van der Waals surface area contributed by atoms with E-state index in [0.717, 1.165) is 17.1 Å². The summed E-state index contributed by atoms with van der Waals surface area (Å²) in [7, 11) is 1.63. The van der Waals surface area contributed by atoms with E-state index in [9.17, 15) is 4.79 Å². The highest BCUT2D eigenvalue weighted by atomic mass is 16.7. The van der Waals surface area contributed by atoms with Crippen molar-refractivity contribution in [2.24, 2.45) is 0 Å². The Morgan fingerprint density at radius 1 is 1.00 bits per heavy atom. The van der Waals surface area contributed by atoms with Gasteiger partial charge in [0, 0.05) is 6.42 Å². The van der Waals surface area contributed by atoms with Crippen molar-refractivity contribution in [1.29, 1.82) is 0 Å². The molecule has 128 valence electrons. The lowest BCUT2D eigenvalue weighted by atomic mass is 9.97. The molecule has 2 aromatic carbocycles. The lowest BCUT2D eigenvalue weighted by Crippen LogP contribution is -2.26. The Labute approximate surface area is 142 Å². The molecule has 1 amide bonds. The van der Waals surface area contributed by atoms with Crippen LogP contribution in [0.5, 0.6) is 11.5 Å². The summed E-state index contributed by atoms with van der Waals surface area (Å²) in [6, 6.07) is 17.2. The van der Waals surface area contributed by atoms with Crippen LogP contribution in [-0.4, -0.2) is 26.2 Å². The minimum atomic E-state index is -0.155. The molecule has 0 fully saturated rings. The third-order valence-electron chi connectivity index (χ3n) is 3.56. The molecule has 1 N–H and O–H groups in total. The number of amides is 1. The molecule has 0 saturated heterocycles. The zero-order valence-corrected chi connectivity index (χ0v) is 14.0. The standard InChI is InChI=1S/C19H23NO4/c1-15(16-8-10-17(22-2)11-9-16)14-19(21)20-24-13-12-23-18-6-4-3-5-7-18/h3-11,15H,12-14H2,1-2H3,(H,20,21). The van der Waals surface area contributed by atoms with Crippen LogP contribution in [0.4, 0.5) is 0 Å². The Morgan fingerprint density at radius 2 is 1.71 bits per heavy atom. The smallest absolute Gasteiger partial charge is 0.244 e. The van der Waals surface area contributed by atoms with Crippen molar-refractivity contribution in [2.45, 2.75) is 19.3 Å². The second kappa shape index (κ2) is 9.57. The lowest BCUT2D eigenvalue weighted by Gasteiger charge is -2.13. The van der Waals surface area contributed by atoms with E-state index in [-0.39, 0.29) is 18.4 Å². The van der Waals surface area contributed by atoms with Crippen molar-refractivity contribution in [3.05, 3.63) is 60.2 Å². The second-order valence-corrected chi connectivity index (χ2v) is 5.41. The van der Waals surface area contributed by atoms with Crippen molar-refractivity contribution in [1.82, 2.24) is 5.48 Å². The fourth-order valence-electron chi connectivity index (χ4n) is 2.22. The highest BCUT2D eigenvalue weighted by Gasteiger charge is 2.11. The Bertz CT molecular complexity index is 613. The normalized spacial score (nSPS) is 11.6. The van der Waals surface area contributed by atoms with Crippen molar-refractivity contribution in [3.63, 3.8) is 0 Å². The molecule has 24 heavy (non-hydrogen) atoms. The van der Waals surface area contributed by atoms with E-state index >= 15 is 0 Å². The van der Waals surface area contributed by atoms with Gasteiger partial charge < -0.3 is 9.47 Å². The second-order valence-electron chi connectivity index (χ2n) is 5.41. The van der Waals surface area contributed by atoms with Gasteiger partial charge in [-0.25, -0.2) is 5.48 Å². The number of rotatable bonds is 9. The summed E-state index contributed by atoms with van der Waals surface area (Å²) in [6.45, 7) is 2.66. The van der Waals surface area contributed by atoms with E-state index in [1.54, 1.807) is 7.11 Å². The minimum absolute atomic E-state index is 0.0973. The fourth-order valence-corrected chi connectivity index (χ4v) is 2.22. The van der Waals surface area contributed by atoms with Crippen molar-refractivity contribution in [2.75, 3.05) is 20.3 Å². The maximum atomic E-state index is 11.9. The van der Waals surface area contributed by atoms with Crippen LogP contribution in [0, 0.1) is 0 Å². The zero-order chi connectivity index (χ0) is 17.2. The molecule has 0 aliphatic heterocycles. The summed E-state index contributed by atoms with van der Waals surface area (Å²) in [5, 5.41) is 0. The summed E-state index contributed by atoms with van der Waals surface area (Å²) >= 11 is 0. The van der Waals surface area contributed by atoms with E-state index in [1.807, 2.05) is 61.5 Å². The summed E-state index contributed by atoms with van der Waals surface area (Å²) in [5.74, 6) is 1.52. The molecule has 1 atom stereocenters. The van der Waals surface area contributed by atoms with Gasteiger partial charge in [-0.1, -0.05) is 37.3 Å². The molecule has 5 heteroatoms. The van der Waals surface area contributed by atoms with E-state index in [4.69, 9.17) is 14.3 Å². The third-order valence-corrected chi connectivity index (χ3v) is 3.56. The maximum absolute atomic E-state index is 11.9. The van der Waals surface area contributed by atoms with Crippen LogP contribution in [0.1, 0.15) is 24.8 Å². The number of nitrogens with one attached hydrogen (secondary N) is 1. The molecule has 0 heterocycles. The largest absolute Gasteiger partial charge is 0.497 e. The number of ether oxygens (including phenoxy) is 2. The Hall–Kier alpha value is -2.53. The molecule has 0 saturated carbocycles. The molecule has 2 rings (SSSR count). The van der Waals surface area contributed by atoms with Gasteiger partial charge in [0.2, 0.25) is 5.91 Å². The molecule has 5 nitrogen and oxygen atoms in total. The number of carbonyl (C=O) groups excluding carboxylic acids is 1. The van der Waals surface area contributed by atoms with Crippen LogP contribution in [0.25, 0.3) is 0 Å². The van der Waals surface area contributed by atoms with Crippen molar-refractivity contribution >= 4 is 5.91 Å². The van der Waals surface area contributed by atoms with Gasteiger partial charge in [-0.2, -0.15) is 0 Å². The molecule has 0 aromatic heterocycles. The first-order chi connectivity index (χ1) is 11.7. The first-order valence-corrected chi connectivity index (χ1v) is 7.91. The quantitative estimate of drug-likeness (QED) is 0.566. The van der Waals surface area contributed by atoms with E-state index in [1.165, 1.54) is 0 Å². The number of methoxy groups -OCH3 is 1. The predicted octanol–water partition coefficient (Wildman–Crippen LogP) is 3.32. The topological polar surface area (TPSA) is 56.8 Å². The summed E-state index contributed by atoms with van der Waals surface area (Å²) < 4.78 is 10.6. The van der Waals surface area contributed by atoms with Crippen LogP contribution in [0.15, 0.2) is 54.6 Å². The van der Waals surface area contributed by atoms with Crippen LogP contribution >= 0.6 is 0 Å². The summed E-state index contributed by atoms with van der Waals surface area (Å²) in [6.07, 6.45) is 0.353. The van der Waals surface area contributed by atoms with Gasteiger partial charge in [0.1, 0.15) is 24.7 Å². The number of carbonyl (C=O) groups is 1. The Morgan fingerprint density at radius 3 is 2.38 bits per heavy atom. The van der Waals surface area contributed by atoms with Gasteiger partial charge in [0.15, 0.2) is 0 Å². The van der Waals surface area contributed by atoms with Gasteiger partial charge in [-0.05, 0) is 35.7 Å². The molecule has 0 bridgehead atoms. The van der Waals surface area contributed by atoms with Gasteiger partial charge >= 0.3 is 0 Å². The summed E-state index contributed by atoms with van der Waals surface area (Å²) in [4.78, 5) is 17.0. The van der Waals surface area contributed by atoms with Crippen molar-refractivity contribution in [3.8, 4) is 11.5 Å². The average molecular weight is 329 g/mol. The molecular weight excluding hydrogens is 306 g/mol. The first kappa shape index (κ1) is 17.8. The van der Waals surface area contributed by atoms with E-state index in [2.05, 4.69) is 5.48 Å². The monoisotopic (exact) mass is 329 g/mol. The number of hydrogen-bond acceptors (Lipinski definition) is 4. The molecule has 0 aliphatic rings. The number of para-hydroxylation sites is 1. The molecular formula is C19H23NO4. The fraction of sp³-hybridized carbons (Fsp3) is 0.316. The highest BCUT2D eigenvalue weighted by Crippen LogP contribution is 2.21. The molecule has 0 radical (unpaired) electrons. The van der Waals surface area contributed by atoms with Crippen LogP contribution in [-0.2, 0) is 9.63 Å². The predicted molar refractivity (Wildman–Crippen MR) is 92.1 cm³/mol. The molecule has 0 aliphatic carbocycles. The maximum Gasteiger partial charge on any atom is 0.244 e.